The number of allylic oxidation sites excluding steroid dienone is 2. The Morgan fingerprint density at radius 3 is 2.89 bits per heavy atom. The number of rotatable bonds is 5. The average Bonchev–Trinajstić information content (AvgIpc) is 3.29. The van der Waals surface area contributed by atoms with Gasteiger partial charge in [-0.15, -0.1) is 11.3 Å². The van der Waals surface area contributed by atoms with Gasteiger partial charge < -0.3 is 4.57 Å². The van der Waals surface area contributed by atoms with Gasteiger partial charge in [0.2, 0.25) is 0 Å². The van der Waals surface area contributed by atoms with Crippen LogP contribution >= 0.6 is 22.9 Å². The Bertz CT molecular complexity index is 1220. The molecule has 0 bridgehead atoms. The standard InChI is InChI=1S/C21H16ClN5S/c1-4-6-15(23-2)17-18-13(8-10-27(18)3)11-16(25-17)19-20(22)26-21(28-19)14-7-5-9-24-12-14/h4-12H,1-2H2,3H3/b15-6-. The fraction of sp³-hybridized carbons (Fsp3) is 0.0476. The lowest BCUT2D eigenvalue weighted by molar-refractivity contribution is 0.962. The van der Waals surface area contributed by atoms with Crippen molar-refractivity contribution >= 4 is 46.3 Å². The van der Waals surface area contributed by atoms with Crippen molar-refractivity contribution in [3.05, 3.63) is 72.4 Å². The molecule has 0 aliphatic carbocycles. The molecule has 0 amide bonds. The maximum atomic E-state index is 6.48. The quantitative estimate of drug-likeness (QED) is 0.319. The van der Waals surface area contributed by atoms with E-state index in [0.29, 0.717) is 10.9 Å². The van der Waals surface area contributed by atoms with Crippen molar-refractivity contribution in [2.45, 2.75) is 0 Å². The molecule has 138 valence electrons. The number of aromatic nitrogens is 4. The van der Waals surface area contributed by atoms with Gasteiger partial charge in [0.05, 0.1) is 21.8 Å². The van der Waals surface area contributed by atoms with Crippen molar-refractivity contribution in [3.8, 4) is 21.1 Å². The van der Waals surface area contributed by atoms with Gasteiger partial charge in [0.15, 0.2) is 0 Å². The van der Waals surface area contributed by atoms with Crippen LogP contribution in [0.2, 0.25) is 5.15 Å². The van der Waals surface area contributed by atoms with Crippen LogP contribution in [0.4, 0.5) is 0 Å². The minimum atomic E-state index is 0.415. The molecular formula is C21H16ClN5S. The van der Waals surface area contributed by atoms with E-state index in [1.165, 1.54) is 11.3 Å². The van der Waals surface area contributed by atoms with E-state index in [4.69, 9.17) is 16.6 Å². The molecule has 0 atom stereocenters. The maximum Gasteiger partial charge on any atom is 0.150 e. The van der Waals surface area contributed by atoms with Crippen molar-refractivity contribution in [2.24, 2.45) is 12.0 Å². The minimum Gasteiger partial charge on any atom is -0.349 e. The van der Waals surface area contributed by atoms with Gasteiger partial charge >= 0.3 is 0 Å². The second kappa shape index (κ2) is 7.50. The summed E-state index contributed by atoms with van der Waals surface area (Å²) in [5.74, 6) is 0. The van der Waals surface area contributed by atoms with Gasteiger partial charge in [-0.25, -0.2) is 9.97 Å². The van der Waals surface area contributed by atoms with Crippen LogP contribution in [0, 0.1) is 0 Å². The van der Waals surface area contributed by atoms with E-state index < -0.39 is 0 Å². The van der Waals surface area contributed by atoms with Crippen LogP contribution in [0.5, 0.6) is 0 Å². The first kappa shape index (κ1) is 18.3. The molecule has 0 spiro atoms. The molecule has 0 N–H and O–H groups in total. The van der Waals surface area contributed by atoms with Gasteiger partial charge in [-0.3, -0.25) is 9.98 Å². The summed E-state index contributed by atoms with van der Waals surface area (Å²) in [6, 6.07) is 7.88. The van der Waals surface area contributed by atoms with Crippen LogP contribution in [0.25, 0.3) is 37.7 Å². The third-order valence-electron chi connectivity index (χ3n) is 4.27. The third kappa shape index (κ3) is 3.17. The molecule has 0 radical (unpaired) electrons. The predicted molar refractivity (Wildman–Crippen MR) is 118 cm³/mol. The predicted octanol–water partition coefficient (Wildman–Crippen LogP) is 5.64. The Kier molecular flexibility index (Phi) is 4.90. The molecular weight excluding hydrogens is 390 g/mol. The Hall–Kier alpha value is -3.09. The van der Waals surface area contributed by atoms with Crippen molar-refractivity contribution in [2.75, 3.05) is 0 Å². The molecule has 28 heavy (non-hydrogen) atoms. The molecule has 0 aliphatic heterocycles. The van der Waals surface area contributed by atoms with Crippen LogP contribution < -0.4 is 0 Å². The van der Waals surface area contributed by atoms with Gasteiger partial charge in [0.1, 0.15) is 15.9 Å². The zero-order valence-corrected chi connectivity index (χ0v) is 16.7. The summed E-state index contributed by atoms with van der Waals surface area (Å²) in [4.78, 5) is 18.5. The molecule has 0 fully saturated rings. The summed E-state index contributed by atoms with van der Waals surface area (Å²) < 4.78 is 2.01. The molecule has 0 aliphatic rings. The van der Waals surface area contributed by atoms with E-state index in [9.17, 15) is 0 Å². The lowest BCUT2D eigenvalue weighted by Crippen LogP contribution is -1.96. The molecule has 4 aromatic rings. The molecule has 0 aromatic carbocycles. The third-order valence-corrected chi connectivity index (χ3v) is 5.78. The maximum absolute atomic E-state index is 6.48. The smallest absolute Gasteiger partial charge is 0.150 e. The highest BCUT2D eigenvalue weighted by Crippen LogP contribution is 2.39. The minimum absolute atomic E-state index is 0.415. The van der Waals surface area contributed by atoms with E-state index in [1.807, 2.05) is 42.1 Å². The van der Waals surface area contributed by atoms with Gasteiger partial charge in [-0.1, -0.05) is 24.3 Å². The largest absolute Gasteiger partial charge is 0.349 e. The number of aryl methyl sites for hydroxylation is 1. The van der Waals surface area contributed by atoms with Gasteiger partial charge in [0.25, 0.3) is 0 Å². The van der Waals surface area contributed by atoms with Gasteiger partial charge in [-0.2, -0.15) is 0 Å². The number of hydrogen-bond acceptors (Lipinski definition) is 5. The van der Waals surface area contributed by atoms with Gasteiger partial charge in [-0.05, 0) is 37.1 Å². The van der Waals surface area contributed by atoms with Crippen LogP contribution in [0.15, 0.2) is 66.6 Å². The molecule has 4 aromatic heterocycles. The van der Waals surface area contributed by atoms with Crippen LogP contribution in [0.1, 0.15) is 5.69 Å². The van der Waals surface area contributed by atoms with Crippen LogP contribution in [-0.2, 0) is 7.05 Å². The zero-order chi connectivity index (χ0) is 19.7. The first-order valence-corrected chi connectivity index (χ1v) is 9.65. The van der Waals surface area contributed by atoms with Crippen molar-refractivity contribution in [1.29, 1.82) is 0 Å². The average molecular weight is 406 g/mol. The number of fused-ring (bicyclic) bond motifs is 1. The van der Waals surface area contributed by atoms with E-state index in [0.717, 1.165) is 37.7 Å². The summed E-state index contributed by atoms with van der Waals surface area (Å²) >= 11 is 7.96. The first-order chi connectivity index (χ1) is 13.6. The van der Waals surface area contributed by atoms with E-state index in [-0.39, 0.29) is 0 Å². The Morgan fingerprint density at radius 2 is 2.18 bits per heavy atom. The fourth-order valence-corrected chi connectivity index (χ4v) is 4.26. The Labute approximate surface area is 171 Å². The second-order valence-electron chi connectivity index (χ2n) is 6.05. The Balaban J connectivity index is 1.93. The highest BCUT2D eigenvalue weighted by molar-refractivity contribution is 7.19. The first-order valence-electron chi connectivity index (χ1n) is 8.45. The zero-order valence-electron chi connectivity index (χ0n) is 15.1. The lowest BCUT2D eigenvalue weighted by Gasteiger charge is -2.08. The summed E-state index contributed by atoms with van der Waals surface area (Å²) in [7, 11) is 1.97. The molecule has 0 saturated carbocycles. The summed E-state index contributed by atoms with van der Waals surface area (Å²) in [5.41, 5.74) is 4.00. The number of aliphatic imine (C=N–C) groups is 1. The molecule has 5 nitrogen and oxygen atoms in total. The summed E-state index contributed by atoms with van der Waals surface area (Å²) in [6.07, 6.45) is 8.95. The number of nitrogens with zero attached hydrogens (tertiary/aromatic N) is 5. The van der Waals surface area contributed by atoms with Crippen molar-refractivity contribution in [3.63, 3.8) is 0 Å². The van der Waals surface area contributed by atoms with E-state index >= 15 is 0 Å². The number of pyridine rings is 2. The van der Waals surface area contributed by atoms with E-state index in [2.05, 4.69) is 28.3 Å². The Morgan fingerprint density at radius 1 is 1.32 bits per heavy atom. The number of hydrogen-bond donors (Lipinski definition) is 0. The topological polar surface area (TPSA) is 56.0 Å². The molecule has 0 unspecified atom stereocenters. The second-order valence-corrected chi connectivity index (χ2v) is 7.40. The van der Waals surface area contributed by atoms with E-state index in [1.54, 1.807) is 24.5 Å². The molecule has 7 heteroatoms. The normalized spacial score (nSPS) is 11.7. The molecule has 4 heterocycles. The van der Waals surface area contributed by atoms with Gasteiger partial charge in [0, 0.05) is 36.6 Å². The molecule has 0 saturated heterocycles. The molecule has 4 rings (SSSR count). The summed E-state index contributed by atoms with van der Waals surface area (Å²) in [5, 5.41) is 2.25. The summed E-state index contributed by atoms with van der Waals surface area (Å²) in [6.45, 7) is 7.44. The monoisotopic (exact) mass is 405 g/mol. The van der Waals surface area contributed by atoms with Crippen molar-refractivity contribution < 1.29 is 0 Å². The highest BCUT2D eigenvalue weighted by atomic mass is 35.5. The SMILES string of the molecule is C=C/C=C(\N=C)c1nc(-c2sc(-c3cccnc3)nc2Cl)cc2ccn(C)c12. The number of thiazole rings is 1. The number of halogens is 1. The van der Waals surface area contributed by atoms with Crippen LogP contribution in [-0.4, -0.2) is 26.2 Å². The highest BCUT2D eigenvalue weighted by Gasteiger charge is 2.18. The van der Waals surface area contributed by atoms with Crippen molar-refractivity contribution in [1.82, 2.24) is 19.5 Å². The lowest BCUT2D eigenvalue weighted by atomic mass is 10.1. The van der Waals surface area contributed by atoms with Crippen LogP contribution in [0.3, 0.4) is 0 Å². The fourth-order valence-electron chi connectivity index (χ4n) is 3.01.